The van der Waals surface area contributed by atoms with Gasteiger partial charge in [-0.15, -0.1) is 11.3 Å². The maximum absolute atomic E-state index is 4.35. The summed E-state index contributed by atoms with van der Waals surface area (Å²) in [7, 11) is 0. The van der Waals surface area contributed by atoms with Gasteiger partial charge in [0.15, 0.2) is 0 Å². The minimum absolute atomic E-state index is 0.596. The molecule has 1 aromatic rings. The van der Waals surface area contributed by atoms with E-state index in [0.717, 1.165) is 19.6 Å². The van der Waals surface area contributed by atoms with Gasteiger partial charge in [0.05, 0.1) is 11.2 Å². The normalized spacial score (nSPS) is 26.6. The highest BCUT2D eigenvalue weighted by Gasteiger charge is 2.28. The van der Waals surface area contributed by atoms with Crippen LogP contribution in [-0.4, -0.2) is 35.1 Å². The van der Waals surface area contributed by atoms with Gasteiger partial charge in [0.1, 0.15) is 0 Å². The number of nitrogens with zero attached hydrogens (tertiary/aromatic N) is 2. The van der Waals surface area contributed by atoms with Crippen molar-refractivity contribution in [3.8, 4) is 0 Å². The van der Waals surface area contributed by atoms with Crippen molar-refractivity contribution >= 4 is 11.3 Å². The average molecular weight is 253 g/mol. The van der Waals surface area contributed by atoms with Crippen LogP contribution in [0.1, 0.15) is 31.3 Å². The minimum atomic E-state index is 0.596. The fourth-order valence-electron chi connectivity index (χ4n) is 2.50. The lowest BCUT2D eigenvalue weighted by molar-refractivity contribution is 0.0964. The Morgan fingerprint density at radius 1 is 1.59 bits per heavy atom. The van der Waals surface area contributed by atoms with Crippen molar-refractivity contribution in [2.45, 2.75) is 46.3 Å². The maximum atomic E-state index is 4.35. The van der Waals surface area contributed by atoms with Gasteiger partial charge < -0.3 is 5.32 Å². The van der Waals surface area contributed by atoms with Crippen LogP contribution in [0.3, 0.4) is 0 Å². The van der Waals surface area contributed by atoms with E-state index in [4.69, 9.17) is 0 Å². The van der Waals surface area contributed by atoms with Gasteiger partial charge in [-0.05, 0) is 19.8 Å². The summed E-state index contributed by atoms with van der Waals surface area (Å²) in [6.45, 7) is 12.3. The quantitative estimate of drug-likeness (QED) is 0.895. The molecule has 0 aliphatic carbocycles. The topological polar surface area (TPSA) is 28.2 Å². The van der Waals surface area contributed by atoms with Crippen molar-refractivity contribution in [2.24, 2.45) is 5.92 Å². The van der Waals surface area contributed by atoms with E-state index in [2.05, 4.69) is 42.9 Å². The standard InChI is InChI=1S/C13H23N3S/c1-9(2)12-5-14-10(3)6-16(12)7-13-11(4)15-8-17-13/h8-10,12,14H,5-7H2,1-4H3. The number of piperazine rings is 1. The summed E-state index contributed by atoms with van der Waals surface area (Å²) in [6, 6.07) is 1.24. The highest BCUT2D eigenvalue weighted by atomic mass is 32.1. The second kappa shape index (κ2) is 5.46. The first-order valence-corrected chi connectivity index (χ1v) is 7.32. The lowest BCUT2D eigenvalue weighted by Gasteiger charge is -2.41. The molecule has 3 nitrogen and oxygen atoms in total. The van der Waals surface area contributed by atoms with E-state index < -0.39 is 0 Å². The van der Waals surface area contributed by atoms with Gasteiger partial charge in [0.25, 0.3) is 0 Å². The Morgan fingerprint density at radius 3 is 2.94 bits per heavy atom. The molecule has 0 amide bonds. The van der Waals surface area contributed by atoms with Crippen LogP contribution in [0.2, 0.25) is 0 Å². The van der Waals surface area contributed by atoms with Crippen LogP contribution in [0.4, 0.5) is 0 Å². The van der Waals surface area contributed by atoms with Gasteiger partial charge in [0.2, 0.25) is 0 Å². The zero-order chi connectivity index (χ0) is 12.4. The summed E-state index contributed by atoms with van der Waals surface area (Å²) in [5.74, 6) is 0.697. The largest absolute Gasteiger partial charge is 0.311 e. The van der Waals surface area contributed by atoms with Crippen molar-refractivity contribution in [1.82, 2.24) is 15.2 Å². The van der Waals surface area contributed by atoms with Gasteiger partial charge in [0, 0.05) is 36.6 Å². The zero-order valence-corrected chi connectivity index (χ0v) is 12.0. The van der Waals surface area contributed by atoms with Gasteiger partial charge in [-0.2, -0.15) is 0 Å². The molecule has 0 radical (unpaired) electrons. The fraction of sp³-hybridized carbons (Fsp3) is 0.769. The second-order valence-electron chi connectivity index (χ2n) is 5.41. The molecule has 17 heavy (non-hydrogen) atoms. The molecule has 2 atom stereocenters. The molecule has 1 aliphatic rings. The van der Waals surface area contributed by atoms with Gasteiger partial charge >= 0.3 is 0 Å². The number of hydrogen-bond acceptors (Lipinski definition) is 4. The molecular formula is C13H23N3S. The second-order valence-corrected chi connectivity index (χ2v) is 6.35. The SMILES string of the molecule is Cc1ncsc1CN1CC(C)NCC1C(C)C. The predicted octanol–water partition coefficient (Wildman–Crippen LogP) is 2.27. The summed E-state index contributed by atoms with van der Waals surface area (Å²) in [6.07, 6.45) is 0. The van der Waals surface area contributed by atoms with Crippen molar-refractivity contribution in [3.63, 3.8) is 0 Å². The third-order valence-electron chi connectivity index (χ3n) is 3.61. The van der Waals surface area contributed by atoms with Crippen LogP contribution in [0.25, 0.3) is 0 Å². The average Bonchev–Trinajstić information content (AvgIpc) is 2.64. The van der Waals surface area contributed by atoms with E-state index in [9.17, 15) is 0 Å². The van der Waals surface area contributed by atoms with Crippen molar-refractivity contribution < 1.29 is 0 Å². The number of hydrogen-bond donors (Lipinski definition) is 1. The number of rotatable bonds is 3. The summed E-state index contributed by atoms with van der Waals surface area (Å²) in [4.78, 5) is 8.39. The number of nitrogens with one attached hydrogen (secondary N) is 1. The van der Waals surface area contributed by atoms with Crippen LogP contribution in [0, 0.1) is 12.8 Å². The van der Waals surface area contributed by atoms with Crippen LogP contribution < -0.4 is 5.32 Å². The molecule has 96 valence electrons. The maximum Gasteiger partial charge on any atom is 0.0798 e. The number of aromatic nitrogens is 1. The van der Waals surface area contributed by atoms with Crippen molar-refractivity contribution in [2.75, 3.05) is 13.1 Å². The first-order valence-electron chi connectivity index (χ1n) is 6.44. The molecule has 0 bridgehead atoms. The number of thiazole rings is 1. The molecule has 1 fully saturated rings. The summed E-state index contributed by atoms with van der Waals surface area (Å²) >= 11 is 1.78. The Kier molecular flexibility index (Phi) is 4.17. The van der Waals surface area contributed by atoms with E-state index in [-0.39, 0.29) is 0 Å². The molecule has 2 unspecified atom stereocenters. The van der Waals surface area contributed by atoms with E-state index >= 15 is 0 Å². The lowest BCUT2D eigenvalue weighted by atomic mass is 9.98. The Balaban J connectivity index is 2.07. The van der Waals surface area contributed by atoms with Crippen LogP contribution in [0.5, 0.6) is 0 Å². The fourth-order valence-corrected chi connectivity index (χ4v) is 3.31. The molecule has 1 aliphatic heterocycles. The van der Waals surface area contributed by atoms with Crippen molar-refractivity contribution in [1.29, 1.82) is 0 Å². The van der Waals surface area contributed by atoms with Crippen LogP contribution in [-0.2, 0) is 6.54 Å². The van der Waals surface area contributed by atoms with Gasteiger partial charge in [-0.25, -0.2) is 4.98 Å². The van der Waals surface area contributed by atoms with Gasteiger partial charge in [-0.3, -0.25) is 4.90 Å². The van der Waals surface area contributed by atoms with E-state index in [1.165, 1.54) is 10.6 Å². The molecule has 0 saturated carbocycles. The first-order chi connectivity index (χ1) is 8.08. The summed E-state index contributed by atoms with van der Waals surface area (Å²) in [5.41, 5.74) is 3.16. The Morgan fingerprint density at radius 2 is 2.35 bits per heavy atom. The van der Waals surface area contributed by atoms with E-state index in [1.807, 2.05) is 5.51 Å². The molecule has 2 rings (SSSR count). The van der Waals surface area contributed by atoms with Crippen LogP contribution in [0.15, 0.2) is 5.51 Å². The van der Waals surface area contributed by atoms with Crippen LogP contribution >= 0.6 is 11.3 Å². The Labute approximate surface area is 108 Å². The molecule has 2 heterocycles. The van der Waals surface area contributed by atoms with E-state index in [1.54, 1.807) is 11.3 Å². The highest BCUT2D eigenvalue weighted by molar-refractivity contribution is 7.09. The third-order valence-corrected chi connectivity index (χ3v) is 4.53. The molecule has 1 N–H and O–H groups in total. The summed E-state index contributed by atoms with van der Waals surface area (Å²) in [5, 5.41) is 3.58. The lowest BCUT2D eigenvalue weighted by Crippen LogP contribution is -2.56. The van der Waals surface area contributed by atoms with E-state index in [0.29, 0.717) is 18.0 Å². The Hall–Kier alpha value is -0.450. The first kappa shape index (κ1) is 13.0. The smallest absolute Gasteiger partial charge is 0.0798 e. The van der Waals surface area contributed by atoms with Gasteiger partial charge in [-0.1, -0.05) is 13.8 Å². The molecular weight excluding hydrogens is 230 g/mol. The highest BCUT2D eigenvalue weighted by Crippen LogP contribution is 2.21. The van der Waals surface area contributed by atoms with Crippen molar-refractivity contribution in [3.05, 3.63) is 16.1 Å². The molecule has 4 heteroatoms. The third kappa shape index (κ3) is 3.06. The molecule has 1 saturated heterocycles. The summed E-state index contributed by atoms with van der Waals surface area (Å²) < 4.78 is 0. The Bertz CT molecular complexity index is 361. The predicted molar refractivity (Wildman–Crippen MR) is 73.4 cm³/mol. The molecule has 0 aromatic carbocycles. The zero-order valence-electron chi connectivity index (χ0n) is 11.2. The number of aryl methyl sites for hydroxylation is 1. The monoisotopic (exact) mass is 253 g/mol. The minimum Gasteiger partial charge on any atom is -0.311 e. The molecule has 0 spiro atoms. The molecule has 1 aromatic heterocycles.